The van der Waals surface area contributed by atoms with Crippen molar-refractivity contribution < 1.29 is 0 Å². The number of rotatable bonds is 3. The molecule has 1 saturated carbocycles. The van der Waals surface area contributed by atoms with Crippen LogP contribution < -0.4 is 5.32 Å². The highest BCUT2D eigenvalue weighted by atomic mass is 32.2. The second-order valence-corrected chi connectivity index (χ2v) is 9.31. The first kappa shape index (κ1) is 19.3. The van der Waals surface area contributed by atoms with E-state index in [0.717, 1.165) is 36.3 Å². The van der Waals surface area contributed by atoms with Gasteiger partial charge in [0, 0.05) is 61.3 Å². The lowest BCUT2D eigenvalue weighted by Gasteiger charge is -2.45. The van der Waals surface area contributed by atoms with E-state index in [-0.39, 0.29) is 0 Å². The molecule has 0 aromatic carbocycles. The number of pyridine rings is 1. The first-order chi connectivity index (χ1) is 13.7. The van der Waals surface area contributed by atoms with Gasteiger partial charge in [0.25, 0.3) is 0 Å². The minimum Gasteiger partial charge on any atom is -0.352 e. The van der Waals surface area contributed by atoms with Gasteiger partial charge in [0.1, 0.15) is 11.6 Å². The Morgan fingerprint density at radius 2 is 2.11 bits per heavy atom. The molecule has 3 heterocycles. The van der Waals surface area contributed by atoms with Crippen LogP contribution >= 0.6 is 11.8 Å². The predicted octanol–water partition coefficient (Wildman–Crippen LogP) is 3.40. The van der Waals surface area contributed by atoms with E-state index in [0.29, 0.717) is 11.3 Å². The SMILES string of the molecule is CN=C(NCc1cccnc1-n1ccnc1C)N1CCSC2(CCCCC2)C1. The molecule has 0 radical (unpaired) electrons. The summed E-state index contributed by atoms with van der Waals surface area (Å²) >= 11 is 2.19. The molecular formula is C21H30N6S. The van der Waals surface area contributed by atoms with E-state index < -0.39 is 0 Å². The summed E-state index contributed by atoms with van der Waals surface area (Å²) in [6, 6.07) is 4.11. The van der Waals surface area contributed by atoms with Crippen LogP contribution in [0, 0.1) is 6.92 Å². The molecule has 2 aromatic rings. The third-order valence-electron chi connectivity index (χ3n) is 5.88. The number of aryl methyl sites for hydroxylation is 1. The summed E-state index contributed by atoms with van der Waals surface area (Å²) in [6.07, 6.45) is 12.4. The topological polar surface area (TPSA) is 58.3 Å². The van der Waals surface area contributed by atoms with Crippen LogP contribution in [0.5, 0.6) is 0 Å². The summed E-state index contributed by atoms with van der Waals surface area (Å²) in [5, 5.41) is 3.59. The Morgan fingerprint density at radius 1 is 1.25 bits per heavy atom. The Morgan fingerprint density at radius 3 is 2.86 bits per heavy atom. The standard InChI is InChI=1S/C21H30N6S/c1-17-23-11-12-27(17)19-18(7-6-10-24-19)15-25-20(22-2)26-13-14-28-21(16-26)8-4-3-5-9-21/h6-7,10-12H,3-5,8-9,13-16H2,1-2H3,(H,22,25). The highest BCUT2D eigenvalue weighted by molar-refractivity contribution is 8.00. The second-order valence-electron chi connectivity index (χ2n) is 7.75. The molecule has 0 unspecified atom stereocenters. The maximum Gasteiger partial charge on any atom is 0.193 e. The number of hydrogen-bond acceptors (Lipinski definition) is 4. The van der Waals surface area contributed by atoms with Gasteiger partial charge in [-0.3, -0.25) is 9.56 Å². The average Bonchev–Trinajstić information content (AvgIpc) is 3.15. The van der Waals surface area contributed by atoms with Crippen LogP contribution in [0.1, 0.15) is 43.5 Å². The van der Waals surface area contributed by atoms with Crippen LogP contribution in [0.15, 0.2) is 35.7 Å². The number of aromatic nitrogens is 3. The number of nitrogens with one attached hydrogen (secondary N) is 1. The Bertz CT molecular complexity index is 818. The second kappa shape index (κ2) is 8.55. The normalized spacial score (nSPS) is 19.8. The Kier molecular flexibility index (Phi) is 5.90. The number of thioether (sulfide) groups is 1. The Hall–Kier alpha value is -2.02. The molecule has 6 nitrogen and oxygen atoms in total. The molecule has 2 fully saturated rings. The van der Waals surface area contributed by atoms with Gasteiger partial charge >= 0.3 is 0 Å². The van der Waals surface area contributed by atoms with E-state index in [2.05, 4.69) is 43.0 Å². The van der Waals surface area contributed by atoms with E-state index in [9.17, 15) is 0 Å². The van der Waals surface area contributed by atoms with Crippen molar-refractivity contribution in [2.24, 2.45) is 4.99 Å². The van der Waals surface area contributed by atoms with Gasteiger partial charge in [0.2, 0.25) is 0 Å². The summed E-state index contributed by atoms with van der Waals surface area (Å²) in [4.78, 5) is 16.0. The van der Waals surface area contributed by atoms with Crippen LogP contribution in [0.3, 0.4) is 0 Å². The first-order valence-corrected chi connectivity index (χ1v) is 11.2. The van der Waals surface area contributed by atoms with Gasteiger partial charge in [-0.1, -0.05) is 25.3 Å². The zero-order valence-electron chi connectivity index (χ0n) is 16.9. The van der Waals surface area contributed by atoms with Gasteiger partial charge in [-0.2, -0.15) is 11.8 Å². The smallest absolute Gasteiger partial charge is 0.193 e. The molecular weight excluding hydrogens is 368 g/mol. The highest BCUT2D eigenvalue weighted by Crippen LogP contribution is 2.42. The van der Waals surface area contributed by atoms with Crippen molar-refractivity contribution in [1.29, 1.82) is 0 Å². The highest BCUT2D eigenvalue weighted by Gasteiger charge is 2.38. The Balaban J connectivity index is 1.46. The summed E-state index contributed by atoms with van der Waals surface area (Å²) in [5.74, 6) is 4.06. The molecule has 1 spiro atoms. The monoisotopic (exact) mass is 398 g/mol. The Labute approximate surface area is 171 Å². The van der Waals surface area contributed by atoms with Gasteiger partial charge in [-0.15, -0.1) is 0 Å². The van der Waals surface area contributed by atoms with Gasteiger partial charge < -0.3 is 10.2 Å². The number of guanidine groups is 1. The van der Waals surface area contributed by atoms with Crippen LogP contribution in [0.25, 0.3) is 5.82 Å². The molecule has 0 amide bonds. The fraction of sp³-hybridized carbons (Fsp3) is 0.571. The van der Waals surface area contributed by atoms with Crippen molar-refractivity contribution in [2.45, 2.75) is 50.3 Å². The quantitative estimate of drug-likeness (QED) is 0.634. The molecule has 0 bridgehead atoms. The van der Waals surface area contributed by atoms with Crippen LogP contribution in [0.4, 0.5) is 0 Å². The number of aliphatic imine (C=N–C) groups is 1. The largest absolute Gasteiger partial charge is 0.352 e. The van der Waals surface area contributed by atoms with Crippen molar-refractivity contribution in [3.63, 3.8) is 0 Å². The lowest BCUT2D eigenvalue weighted by Crippen LogP contribution is -2.53. The minimum atomic E-state index is 0.432. The molecule has 2 aliphatic rings. The summed E-state index contributed by atoms with van der Waals surface area (Å²) < 4.78 is 2.47. The van der Waals surface area contributed by atoms with E-state index in [1.165, 1.54) is 37.9 Å². The van der Waals surface area contributed by atoms with E-state index in [4.69, 9.17) is 0 Å². The fourth-order valence-corrected chi connectivity index (χ4v) is 5.99. The molecule has 7 heteroatoms. The minimum absolute atomic E-state index is 0.432. The molecule has 2 aromatic heterocycles. The van der Waals surface area contributed by atoms with Crippen molar-refractivity contribution in [2.75, 3.05) is 25.9 Å². The zero-order chi connectivity index (χ0) is 19.4. The predicted molar refractivity (Wildman–Crippen MR) is 116 cm³/mol. The first-order valence-electron chi connectivity index (χ1n) is 10.2. The van der Waals surface area contributed by atoms with Gasteiger partial charge in [0.05, 0.1) is 0 Å². The molecule has 150 valence electrons. The average molecular weight is 399 g/mol. The number of nitrogens with zero attached hydrogens (tertiary/aromatic N) is 5. The maximum atomic E-state index is 4.60. The van der Waals surface area contributed by atoms with Crippen molar-refractivity contribution in [1.82, 2.24) is 24.8 Å². The molecule has 28 heavy (non-hydrogen) atoms. The molecule has 1 saturated heterocycles. The third kappa shape index (κ3) is 4.04. The lowest BCUT2D eigenvalue weighted by atomic mass is 9.87. The zero-order valence-corrected chi connectivity index (χ0v) is 17.7. The van der Waals surface area contributed by atoms with E-state index >= 15 is 0 Å². The van der Waals surface area contributed by atoms with Gasteiger partial charge in [-0.05, 0) is 25.8 Å². The van der Waals surface area contributed by atoms with Gasteiger partial charge in [0.15, 0.2) is 5.96 Å². The lowest BCUT2D eigenvalue weighted by molar-refractivity contribution is 0.293. The van der Waals surface area contributed by atoms with E-state index in [1.807, 2.05) is 43.2 Å². The number of hydrogen-bond donors (Lipinski definition) is 1. The number of imidazole rings is 1. The molecule has 1 aliphatic carbocycles. The van der Waals surface area contributed by atoms with Crippen molar-refractivity contribution in [3.8, 4) is 5.82 Å². The van der Waals surface area contributed by atoms with Crippen molar-refractivity contribution >= 4 is 17.7 Å². The third-order valence-corrected chi connectivity index (χ3v) is 7.42. The van der Waals surface area contributed by atoms with Crippen molar-refractivity contribution in [3.05, 3.63) is 42.1 Å². The summed E-state index contributed by atoms with van der Waals surface area (Å²) in [7, 11) is 1.89. The molecule has 4 rings (SSSR count). The summed E-state index contributed by atoms with van der Waals surface area (Å²) in [5.41, 5.74) is 1.14. The van der Waals surface area contributed by atoms with Crippen LogP contribution in [-0.2, 0) is 6.54 Å². The molecule has 1 aliphatic heterocycles. The summed E-state index contributed by atoms with van der Waals surface area (Å²) in [6.45, 7) is 4.87. The van der Waals surface area contributed by atoms with Crippen LogP contribution in [0.2, 0.25) is 0 Å². The fourth-order valence-electron chi connectivity index (χ4n) is 4.42. The van der Waals surface area contributed by atoms with E-state index in [1.54, 1.807) is 0 Å². The van der Waals surface area contributed by atoms with Crippen LogP contribution in [-0.4, -0.2) is 56.0 Å². The molecule has 1 N–H and O–H groups in total. The maximum absolute atomic E-state index is 4.60. The molecule has 0 atom stereocenters. The van der Waals surface area contributed by atoms with Gasteiger partial charge in [-0.25, -0.2) is 9.97 Å².